The molecule has 0 saturated heterocycles. The van der Waals surface area contributed by atoms with Crippen molar-refractivity contribution in [2.24, 2.45) is 0 Å². The third kappa shape index (κ3) is 5.94. The molecule has 0 unspecified atom stereocenters. The summed E-state index contributed by atoms with van der Waals surface area (Å²) >= 11 is 1.21. The molecule has 24 heavy (non-hydrogen) atoms. The van der Waals surface area contributed by atoms with Crippen molar-refractivity contribution < 1.29 is 18.7 Å². The number of methoxy groups -OCH3 is 1. The van der Waals surface area contributed by atoms with E-state index >= 15 is 0 Å². The van der Waals surface area contributed by atoms with Gasteiger partial charge in [0.05, 0.1) is 18.7 Å². The van der Waals surface area contributed by atoms with Gasteiger partial charge in [-0.3, -0.25) is 10.1 Å². The summed E-state index contributed by atoms with van der Waals surface area (Å²) in [7, 11) is 1.56. The first kappa shape index (κ1) is 17.8. The maximum Gasteiger partial charge on any atom is 0.325 e. The number of carbonyl (C=O) groups excluding carboxylic acids is 2. The normalized spacial score (nSPS) is 10.2. The third-order valence-electron chi connectivity index (χ3n) is 2.84. The van der Waals surface area contributed by atoms with Gasteiger partial charge in [-0.05, 0) is 24.3 Å². The van der Waals surface area contributed by atoms with E-state index in [9.17, 15) is 14.0 Å². The van der Waals surface area contributed by atoms with E-state index in [2.05, 4.69) is 20.9 Å². The van der Waals surface area contributed by atoms with Crippen molar-refractivity contribution in [2.45, 2.75) is 6.42 Å². The molecule has 0 atom stereocenters. The van der Waals surface area contributed by atoms with Crippen LogP contribution in [0.1, 0.15) is 5.69 Å². The third-order valence-corrected chi connectivity index (χ3v) is 3.65. The second kappa shape index (κ2) is 8.94. The maximum atomic E-state index is 12.8. The van der Waals surface area contributed by atoms with Gasteiger partial charge >= 0.3 is 6.03 Å². The van der Waals surface area contributed by atoms with E-state index in [-0.39, 0.29) is 18.1 Å². The molecule has 0 fully saturated rings. The zero-order valence-corrected chi connectivity index (χ0v) is 13.8. The van der Waals surface area contributed by atoms with Crippen molar-refractivity contribution in [3.63, 3.8) is 0 Å². The number of urea groups is 1. The lowest BCUT2D eigenvalue weighted by atomic mass is 10.3. The van der Waals surface area contributed by atoms with E-state index in [4.69, 9.17) is 4.74 Å². The number of ether oxygens (including phenoxy) is 1. The number of nitrogens with one attached hydrogen (secondary N) is 3. The molecule has 3 amide bonds. The Kier molecular flexibility index (Phi) is 6.64. The number of amides is 3. The van der Waals surface area contributed by atoms with Crippen molar-refractivity contribution in [1.29, 1.82) is 0 Å². The molecule has 9 heteroatoms. The van der Waals surface area contributed by atoms with Gasteiger partial charge < -0.3 is 15.4 Å². The standard InChI is InChI=1S/C15H17FN4O3S/c1-23-7-6-17-13(21)8-12-9-24-15(19-12)20-14(22)18-11-4-2-10(16)3-5-11/h2-5,9H,6-8H2,1H3,(H,17,21)(H2,18,19,20,22). The maximum absolute atomic E-state index is 12.8. The predicted molar refractivity (Wildman–Crippen MR) is 89.7 cm³/mol. The fourth-order valence-corrected chi connectivity index (χ4v) is 2.46. The second-order valence-electron chi connectivity index (χ2n) is 4.75. The molecule has 128 valence electrons. The van der Waals surface area contributed by atoms with Crippen LogP contribution >= 0.6 is 11.3 Å². The van der Waals surface area contributed by atoms with Gasteiger partial charge in [0.15, 0.2) is 5.13 Å². The van der Waals surface area contributed by atoms with Crippen LogP contribution in [0.3, 0.4) is 0 Å². The number of benzene rings is 1. The minimum atomic E-state index is -0.493. The van der Waals surface area contributed by atoms with Crippen molar-refractivity contribution >= 4 is 34.1 Å². The van der Waals surface area contributed by atoms with Crippen LogP contribution in [0.4, 0.5) is 20.0 Å². The fraction of sp³-hybridized carbons (Fsp3) is 0.267. The Bertz CT molecular complexity index is 690. The van der Waals surface area contributed by atoms with Crippen LogP contribution in [0.2, 0.25) is 0 Å². The Morgan fingerprint density at radius 1 is 1.25 bits per heavy atom. The molecule has 0 bridgehead atoms. The van der Waals surface area contributed by atoms with Crippen LogP contribution in [-0.4, -0.2) is 37.2 Å². The summed E-state index contributed by atoms with van der Waals surface area (Å²) in [4.78, 5) is 27.7. The van der Waals surface area contributed by atoms with Crippen molar-refractivity contribution in [3.8, 4) is 0 Å². The summed E-state index contributed by atoms with van der Waals surface area (Å²) in [6.07, 6.45) is 0.126. The molecule has 0 aliphatic rings. The quantitative estimate of drug-likeness (QED) is 0.666. The molecule has 1 aromatic heterocycles. The minimum Gasteiger partial charge on any atom is -0.383 e. The van der Waals surface area contributed by atoms with Gasteiger partial charge in [-0.1, -0.05) is 0 Å². The van der Waals surface area contributed by atoms with Gasteiger partial charge in [0, 0.05) is 24.7 Å². The van der Waals surface area contributed by atoms with E-state index in [0.29, 0.717) is 29.7 Å². The van der Waals surface area contributed by atoms with Crippen LogP contribution in [0.25, 0.3) is 0 Å². The largest absolute Gasteiger partial charge is 0.383 e. The summed E-state index contributed by atoms with van der Waals surface area (Å²) in [5.41, 5.74) is 1.02. The van der Waals surface area contributed by atoms with Gasteiger partial charge in [0.25, 0.3) is 0 Å². The van der Waals surface area contributed by atoms with Crippen LogP contribution in [0.15, 0.2) is 29.6 Å². The van der Waals surface area contributed by atoms with Crippen molar-refractivity contribution in [2.75, 3.05) is 30.9 Å². The second-order valence-corrected chi connectivity index (χ2v) is 5.61. The zero-order valence-electron chi connectivity index (χ0n) is 13.0. The minimum absolute atomic E-state index is 0.126. The van der Waals surface area contributed by atoms with Crippen LogP contribution < -0.4 is 16.0 Å². The molecule has 0 aliphatic heterocycles. The average Bonchev–Trinajstić information content (AvgIpc) is 2.96. The number of halogens is 1. The van der Waals surface area contributed by atoms with Gasteiger partial charge in [-0.2, -0.15) is 0 Å². The first-order chi connectivity index (χ1) is 11.6. The molecule has 7 nitrogen and oxygen atoms in total. The molecule has 1 aromatic carbocycles. The van der Waals surface area contributed by atoms with E-state index in [1.165, 1.54) is 35.6 Å². The lowest BCUT2D eigenvalue weighted by Gasteiger charge is -2.05. The summed E-state index contributed by atoms with van der Waals surface area (Å²) < 4.78 is 17.6. The summed E-state index contributed by atoms with van der Waals surface area (Å²) in [5, 5.41) is 9.88. The van der Waals surface area contributed by atoms with E-state index in [1.54, 1.807) is 12.5 Å². The summed E-state index contributed by atoms with van der Waals surface area (Å²) in [5.74, 6) is -0.547. The molecule has 0 radical (unpaired) electrons. The highest BCUT2D eigenvalue weighted by molar-refractivity contribution is 7.13. The van der Waals surface area contributed by atoms with Crippen LogP contribution in [0.5, 0.6) is 0 Å². The fourth-order valence-electron chi connectivity index (χ4n) is 1.76. The molecule has 0 saturated carbocycles. The highest BCUT2D eigenvalue weighted by Gasteiger charge is 2.10. The Hall–Kier alpha value is -2.52. The molecule has 2 rings (SSSR count). The number of anilines is 2. The summed E-state index contributed by atoms with van der Waals surface area (Å²) in [6.45, 7) is 0.879. The van der Waals surface area contributed by atoms with Gasteiger partial charge in [-0.15, -0.1) is 11.3 Å². The molecule has 0 aliphatic carbocycles. The zero-order chi connectivity index (χ0) is 17.4. The Labute approximate surface area is 142 Å². The number of nitrogens with zero attached hydrogens (tertiary/aromatic N) is 1. The first-order valence-corrected chi connectivity index (χ1v) is 7.98. The Balaban J connectivity index is 1.81. The van der Waals surface area contributed by atoms with E-state index < -0.39 is 6.03 Å². The monoisotopic (exact) mass is 352 g/mol. The predicted octanol–water partition coefficient (Wildman–Crippen LogP) is 2.23. The highest BCUT2D eigenvalue weighted by atomic mass is 32.1. The number of carbonyl (C=O) groups is 2. The lowest BCUT2D eigenvalue weighted by Crippen LogP contribution is -2.28. The SMILES string of the molecule is COCCNC(=O)Cc1csc(NC(=O)Nc2ccc(F)cc2)n1. The van der Waals surface area contributed by atoms with Crippen molar-refractivity contribution in [1.82, 2.24) is 10.3 Å². The first-order valence-electron chi connectivity index (χ1n) is 7.10. The average molecular weight is 352 g/mol. The smallest absolute Gasteiger partial charge is 0.325 e. The summed E-state index contributed by atoms with van der Waals surface area (Å²) in [6, 6.07) is 4.91. The highest BCUT2D eigenvalue weighted by Crippen LogP contribution is 2.16. The molecule has 2 aromatic rings. The number of thiazole rings is 1. The van der Waals surface area contributed by atoms with E-state index in [1.807, 2.05) is 0 Å². The van der Waals surface area contributed by atoms with Gasteiger partial charge in [0.1, 0.15) is 5.82 Å². The molecular weight excluding hydrogens is 335 g/mol. The van der Waals surface area contributed by atoms with E-state index in [0.717, 1.165) is 0 Å². The van der Waals surface area contributed by atoms with Gasteiger partial charge in [-0.25, -0.2) is 14.2 Å². The number of hydrogen-bond donors (Lipinski definition) is 3. The number of rotatable bonds is 7. The number of hydrogen-bond acceptors (Lipinski definition) is 5. The topological polar surface area (TPSA) is 92.4 Å². The van der Waals surface area contributed by atoms with Crippen LogP contribution in [0, 0.1) is 5.82 Å². The molecule has 1 heterocycles. The van der Waals surface area contributed by atoms with Gasteiger partial charge in [0.2, 0.25) is 5.91 Å². The molecule has 0 spiro atoms. The Morgan fingerprint density at radius 2 is 2.00 bits per heavy atom. The lowest BCUT2D eigenvalue weighted by molar-refractivity contribution is -0.120. The van der Waals surface area contributed by atoms with Crippen molar-refractivity contribution in [3.05, 3.63) is 41.2 Å². The molecular formula is C15H17FN4O3S. The molecule has 3 N–H and O–H groups in total. The Morgan fingerprint density at radius 3 is 2.71 bits per heavy atom. The number of aromatic nitrogens is 1. The van der Waals surface area contributed by atoms with Crippen LogP contribution in [-0.2, 0) is 16.0 Å².